The van der Waals surface area contributed by atoms with E-state index < -0.39 is 0 Å². The number of nitrogens with one attached hydrogen (secondary N) is 1. The summed E-state index contributed by atoms with van der Waals surface area (Å²) in [6.45, 7) is 5.92. The maximum atomic E-state index is 13.2. The average molecular weight is 353 g/mol. The van der Waals surface area contributed by atoms with Gasteiger partial charge in [0.25, 0.3) is 0 Å². The number of hydrogen-bond acceptors (Lipinski definition) is 3. The van der Waals surface area contributed by atoms with E-state index in [2.05, 4.69) is 40.1 Å². The number of benzene rings is 1. The van der Waals surface area contributed by atoms with Crippen LogP contribution < -0.4 is 10.1 Å². The van der Waals surface area contributed by atoms with Crippen molar-refractivity contribution in [2.24, 2.45) is 5.92 Å². The van der Waals surface area contributed by atoms with E-state index in [1.165, 1.54) is 12.1 Å². The summed E-state index contributed by atoms with van der Waals surface area (Å²) < 4.78 is 19.7. The number of aromatic nitrogens is 1. The molecule has 0 spiro atoms. The van der Waals surface area contributed by atoms with E-state index in [-0.39, 0.29) is 5.82 Å². The minimum Gasteiger partial charge on any atom is -0.456 e. The van der Waals surface area contributed by atoms with Gasteiger partial charge in [0.1, 0.15) is 17.3 Å². The van der Waals surface area contributed by atoms with Crippen LogP contribution in [0.3, 0.4) is 0 Å². The molecule has 0 amide bonds. The predicted octanol–water partition coefficient (Wildman–Crippen LogP) is 4.52. The Balaban J connectivity index is 2.05. The van der Waals surface area contributed by atoms with Crippen LogP contribution in [0.15, 0.2) is 41.0 Å². The van der Waals surface area contributed by atoms with E-state index in [9.17, 15) is 4.39 Å². The first-order valence-corrected chi connectivity index (χ1v) is 7.62. The van der Waals surface area contributed by atoms with Gasteiger partial charge in [-0.2, -0.15) is 0 Å². The molecule has 1 N–H and O–H groups in total. The number of pyridine rings is 1. The third-order valence-electron chi connectivity index (χ3n) is 2.77. The third-order valence-corrected chi connectivity index (χ3v) is 3.42. The lowest BCUT2D eigenvalue weighted by Crippen LogP contribution is -2.19. The number of hydrogen-bond donors (Lipinski definition) is 1. The second-order valence-electron chi connectivity index (χ2n) is 5.18. The Morgan fingerprint density at radius 3 is 2.86 bits per heavy atom. The largest absolute Gasteiger partial charge is 0.456 e. The van der Waals surface area contributed by atoms with Crippen molar-refractivity contribution in [3.63, 3.8) is 0 Å². The van der Waals surface area contributed by atoms with Gasteiger partial charge in [-0.15, -0.1) is 0 Å². The molecular formula is C16H18BrFN2O. The van der Waals surface area contributed by atoms with E-state index in [4.69, 9.17) is 4.74 Å². The molecule has 0 aliphatic heterocycles. The molecule has 0 fully saturated rings. The van der Waals surface area contributed by atoms with Gasteiger partial charge in [-0.05, 0) is 46.6 Å². The fraction of sp³-hybridized carbons (Fsp3) is 0.312. The van der Waals surface area contributed by atoms with Crippen LogP contribution in [0, 0.1) is 11.7 Å². The van der Waals surface area contributed by atoms with Crippen molar-refractivity contribution in [3.05, 3.63) is 52.5 Å². The van der Waals surface area contributed by atoms with Crippen LogP contribution in [0.4, 0.5) is 4.39 Å². The molecular weight excluding hydrogens is 335 g/mol. The van der Waals surface area contributed by atoms with Crippen LogP contribution in [-0.2, 0) is 6.54 Å². The Bertz CT molecular complexity index is 605. The highest BCUT2D eigenvalue weighted by Gasteiger charge is 2.06. The summed E-state index contributed by atoms with van der Waals surface area (Å²) in [5.41, 5.74) is 0.890. The molecule has 0 aliphatic rings. The molecule has 0 radical (unpaired) electrons. The second kappa shape index (κ2) is 7.52. The molecule has 0 unspecified atom stereocenters. The first kappa shape index (κ1) is 15.9. The summed E-state index contributed by atoms with van der Waals surface area (Å²) in [4.78, 5) is 4.29. The molecule has 0 saturated carbocycles. The fourth-order valence-corrected chi connectivity index (χ4v) is 2.12. The molecule has 2 aromatic rings. The summed E-state index contributed by atoms with van der Waals surface area (Å²) in [5, 5.41) is 3.33. The smallest absolute Gasteiger partial charge is 0.144 e. The Morgan fingerprint density at radius 1 is 1.29 bits per heavy atom. The molecule has 0 bridgehead atoms. The Hall–Kier alpha value is -1.46. The number of nitrogens with zero attached hydrogens (tertiary/aromatic N) is 1. The summed E-state index contributed by atoms with van der Waals surface area (Å²) in [6.07, 6.45) is 1.69. The molecule has 21 heavy (non-hydrogen) atoms. The van der Waals surface area contributed by atoms with Crippen molar-refractivity contribution in [1.29, 1.82) is 0 Å². The van der Waals surface area contributed by atoms with Crippen LogP contribution in [-0.4, -0.2) is 11.5 Å². The Labute approximate surface area is 132 Å². The summed E-state index contributed by atoms with van der Waals surface area (Å²) in [7, 11) is 0. The molecule has 0 saturated heterocycles. The molecule has 1 aromatic heterocycles. The summed E-state index contributed by atoms with van der Waals surface area (Å²) in [5.74, 6) is 1.34. The lowest BCUT2D eigenvalue weighted by Gasteiger charge is -2.10. The second-order valence-corrected chi connectivity index (χ2v) is 6.04. The van der Waals surface area contributed by atoms with Crippen molar-refractivity contribution in [1.82, 2.24) is 10.3 Å². The third kappa shape index (κ3) is 5.10. The molecule has 0 atom stereocenters. The maximum absolute atomic E-state index is 13.2. The van der Waals surface area contributed by atoms with Crippen molar-refractivity contribution < 1.29 is 9.13 Å². The van der Waals surface area contributed by atoms with Crippen LogP contribution in [0.1, 0.15) is 19.5 Å². The van der Waals surface area contributed by atoms with Crippen molar-refractivity contribution >= 4 is 15.9 Å². The van der Waals surface area contributed by atoms with Gasteiger partial charge < -0.3 is 10.1 Å². The van der Waals surface area contributed by atoms with Gasteiger partial charge in [-0.25, -0.2) is 4.39 Å². The van der Waals surface area contributed by atoms with Gasteiger partial charge in [-0.1, -0.05) is 13.8 Å². The van der Waals surface area contributed by atoms with Crippen LogP contribution in [0.25, 0.3) is 0 Å². The van der Waals surface area contributed by atoms with Gasteiger partial charge in [0.15, 0.2) is 0 Å². The molecule has 5 heteroatoms. The zero-order chi connectivity index (χ0) is 15.2. The van der Waals surface area contributed by atoms with Gasteiger partial charge in [0, 0.05) is 24.9 Å². The van der Waals surface area contributed by atoms with Crippen molar-refractivity contribution in [2.75, 3.05) is 6.54 Å². The van der Waals surface area contributed by atoms with E-state index >= 15 is 0 Å². The van der Waals surface area contributed by atoms with Gasteiger partial charge in [0.2, 0.25) is 0 Å². The molecule has 3 nitrogen and oxygen atoms in total. The quantitative estimate of drug-likeness (QED) is 0.829. The number of rotatable bonds is 6. The average Bonchev–Trinajstić information content (AvgIpc) is 2.43. The fourth-order valence-electron chi connectivity index (χ4n) is 1.79. The highest BCUT2D eigenvalue weighted by atomic mass is 79.9. The maximum Gasteiger partial charge on any atom is 0.144 e. The predicted molar refractivity (Wildman–Crippen MR) is 85.0 cm³/mol. The van der Waals surface area contributed by atoms with E-state index in [0.717, 1.165) is 12.2 Å². The lowest BCUT2D eigenvalue weighted by molar-refractivity contribution is 0.471. The first-order chi connectivity index (χ1) is 10.0. The summed E-state index contributed by atoms with van der Waals surface area (Å²) in [6, 6.07) is 7.96. The zero-order valence-electron chi connectivity index (χ0n) is 12.1. The first-order valence-electron chi connectivity index (χ1n) is 6.83. The monoisotopic (exact) mass is 352 g/mol. The van der Waals surface area contributed by atoms with Crippen LogP contribution in [0.5, 0.6) is 11.5 Å². The van der Waals surface area contributed by atoms with Gasteiger partial charge in [-0.3, -0.25) is 4.98 Å². The minimum atomic E-state index is -0.332. The SMILES string of the molecule is CC(C)CNCc1cc(Oc2cc(F)ccc2Br)ccn1. The lowest BCUT2D eigenvalue weighted by atomic mass is 10.2. The standard InChI is InChI=1S/C16H18BrFN2O/c1-11(2)9-19-10-13-8-14(5-6-20-13)21-16-7-12(18)3-4-15(16)17/h3-8,11,19H,9-10H2,1-2H3. The molecule has 2 rings (SSSR count). The number of ether oxygens (including phenoxy) is 1. The van der Waals surface area contributed by atoms with Gasteiger partial charge in [0.05, 0.1) is 10.2 Å². The molecule has 1 heterocycles. The highest BCUT2D eigenvalue weighted by Crippen LogP contribution is 2.30. The Morgan fingerprint density at radius 2 is 2.10 bits per heavy atom. The van der Waals surface area contributed by atoms with E-state index in [0.29, 0.717) is 28.4 Å². The van der Waals surface area contributed by atoms with Crippen molar-refractivity contribution in [2.45, 2.75) is 20.4 Å². The topological polar surface area (TPSA) is 34.1 Å². The van der Waals surface area contributed by atoms with Crippen LogP contribution >= 0.6 is 15.9 Å². The molecule has 112 valence electrons. The van der Waals surface area contributed by atoms with Crippen molar-refractivity contribution in [3.8, 4) is 11.5 Å². The van der Waals surface area contributed by atoms with E-state index in [1.54, 1.807) is 18.3 Å². The normalized spacial score (nSPS) is 10.9. The highest BCUT2D eigenvalue weighted by molar-refractivity contribution is 9.10. The van der Waals surface area contributed by atoms with Crippen LogP contribution in [0.2, 0.25) is 0 Å². The summed E-state index contributed by atoms with van der Waals surface area (Å²) >= 11 is 3.34. The van der Waals surface area contributed by atoms with E-state index in [1.807, 2.05) is 6.07 Å². The van der Waals surface area contributed by atoms with Gasteiger partial charge >= 0.3 is 0 Å². The molecule has 0 aliphatic carbocycles. The number of halogens is 2. The zero-order valence-corrected chi connectivity index (χ0v) is 13.7. The molecule has 1 aromatic carbocycles. The minimum absolute atomic E-state index is 0.332. The Kier molecular flexibility index (Phi) is 5.70.